The van der Waals surface area contributed by atoms with Crippen LogP contribution in [-0.4, -0.2) is 91.9 Å². The molecule has 3 aliphatic heterocycles. The minimum atomic E-state index is -0.544. The number of hydrogen-bond acceptors (Lipinski definition) is 8. The molecule has 2 aromatic carbocycles. The van der Waals surface area contributed by atoms with Crippen molar-refractivity contribution in [2.75, 3.05) is 51.3 Å². The topological polar surface area (TPSA) is 127 Å². The van der Waals surface area contributed by atoms with Gasteiger partial charge in [0.05, 0.1) is 25.0 Å². The number of cyclic esters (lactones) is 1. The number of nitrogens with one attached hydrogen (secondary N) is 1. The van der Waals surface area contributed by atoms with Gasteiger partial charge in [-0.1, -0.05) is 18.2 Å². The molecule has 254 valence electrons. The van der Waals surface area contributed by atoms with E-state index in [2.05, 4.69) is 5.32 Å². The zero-order valence-corrected chi connectivity index (χ0v) is 27.8. The summed E-state index contributed by atoms with van der Waals surface area (Å²) in [6.07, 6.45) is 2.41. The number of benzene rings is 2. The smallest absolute Gasteiger partial charge is 0.414 e. The number of carbonyl (C=O) groups excluding carboxylic acids is 4. The third-order valence-electron chi connectivity index (χ3n) is 8.73. The van der Waals surface area contributed by atoms with Crippen LogP contribution in [0.5, 0.6) is 11.5 Å². The third kappa shape index (κ3) is 8.47. The quantitative estimate of drug-likeness (QED) is 0.377. The molecule has 1 N–H and O–H groups in total. The van der Waals surface area contributed by atoms with Gasteiger partial charge >= 0.3 is 12.2 Å². The summed E-state index contributed by atoms with van der Waals surface area (Å²) in [5.74, 6) is 0.721. The number of methoxy groups -OCH3 is 1. The Balaban J connectivity index is 1.04. The summed E-state index contributed by atoms with van der Waals surface area (Å²) in [5, 5.41) is 2.98. The molecule has 0 bridgehead atoms. The van der Waals surface area contributed by atoms with E-state index >= 15 is 0 Å². The first-order valence-corrected chi connectivity index (χ1v) is 16.4. The highest BCUT2D eigenvalue weighted by Gasteiger charge is 2.35. The van der Waals surface area contributed by atoms with Crippen LogP contribution in [0.4, 0.5) is 15.3 Å². The van der Waals surface area contributed by atoms with Gasteiger partial charge < -0.3 is 34.1 Å². The largest absolute Gasteiger partial charge is 0.496 e. The van der Waals surface area contributed by atoms with E-state index in [1.807, 2.05) is 45.0 Å². The summed E-state index contributed by atoms with van der Waals surface area (Å²) in [6.45, 7) is 8.64. The molecular formula is C35H46N4O8. The van der Waals surface area contributed by atoms with Crippen molar-refractivity contribution >= 4 is 29.7 Å². The molecule has 5 rings (SSSR count). The lowest BCUT2D eigenvalue weighted by Crippen LogP contribution is -2.50. The second-order valence-corrected chi connectivity index (χ2v) is 13.2. The van der Waals surface area contributed by atoms with Crippen molar-refractivity contribution in [3.8, 4) is 11.5 Å². The van der Waals surface area contributed by atoms with Gasteiger partial charge in [0, 0.05) is 56.3 Å². The highest BCUT2D eigenvalue weighted by atomic mass is 16.6. The molecule has 2 fully saturated rings. The summed E-state index contributed by atoms with van der Waals surface area (Å²) in [4.78, 5) is 56.2. The lowest BCUT2D eigenvalue weighted by molar-refractivity contribution is -0.126. The Morgan fingerprint density at radius 1 is 0.957 bits per heavy atom. The number of carbonyl (C=O) groups is 4. The van der Waals surface area contributed by atoms with Crippen molar-refractivity contribution in [3.63, 3.8) is 0 Å². The van der Waals surface area contributed by atoms with Gasteiger partial charge in [0.25, 0.3) is 5.91 Å². The van der Waals surface area contributed by atoms with Crippen molar-refractivity contribution in [1.29, 1.82) is 0 Å². The van der Waals surface area contributed by atoms with Crippen LogP contribution in [0.3, 0.4) is 0 Å². The standard InChI is InChI=1S/C35H46N4O8/c1-35(2,3)47-33(42)38-17-12-24(13-18-38)31(40)36-16-7-21-45-27-10-11-28(30(22-27)44-4)32(41)37-19-14-26(15-20-37)39-29-9-6-5-8-25(29)23-46-34(39)43/h5-6,8-11,22,24,26H,7,12-21,23H2,1-4H3,(H,36,40). The van der Waals surface area contributed by atoms with Gasteiger partial charge in [0.1, 0.15) is 23.7 Å². The van der Waals surface area contributed by atoms with Crippen molar-refractivity contribution in [3.05, 3.63) is 53.6 Å². The second-order valence-electron chi connectivity index (χ2n) is 13.2. The number of likely N-dealkylation sites (tertiary alicyclic amines) is 2. The molecule has 4 amide bonds. The first-order chi connectivity index (χ1) is 22.5. The van der Waals surface area contributed by atoms with Gasteiger partial charge in [-0.2, -0.15) is 0 Å². The van der Waals surface area contributed by atoms with Crippen LogP contribution in [0.15, 0.2) is 42.5 Å². The Kier molecular flexibility index (Phi) is 10.8. The number of piperidine rings is 2. The maximum atomic E-state index is 13.5. The number of amides is 4. The van der Waals surface area contributed by atoms with Gasteiger partial charge in [-0.15, -0.1) is 0 Å². The Labute approximate surface area is 276 Å². The molecule has 0 saturated carbocycles. The van der Waals surface area contributed by atoms with Crippen molar-refractivity contribution in [2.24, 2.45) is 5.92 Å². The first kappa shape index (κ1) is 33.9. The maximum absolute atomic E-state index is 13.5. The van der Waals surface area contributed by atoms with Crippen LogP contribution in [0.2, 0.25) is 0 Å². The maximum Gasteiger partial charge on any atom is 0.414 e. The summed E-state index contributed by atoms with van der Waals surface area (Å²) >= 11 is 0. The fraction of sp³-hybridized carbons (Fsp3) is 0.543. The van der Waals surface area contributed by atoms with Gasteiger partial charge in [0.15, 0.2) is 0 Å². The van der Waals surface area contributed by atoms with Crippen LogP contribution in [0, 0.1) is 5.92 Å². The van der Waals surface area contributed by atoms with Crippen molar-refractivity contribution < 1.29 is 38.1 Å². The Bertz CT molecular complexity index is 1440. The third-order valence-corrected chi connectivity index (χ3v) is 8.73. The molecule has 2 aromatic rings. The monoisotopic (exact) mass is 650 g/mol. The van der Waals surface area contributed by atoms with E-state index in [0.717, 1.165) is 11.3 Å². The zero-order valence-electron chi connectivity index (χ0n) is 27.8. The molecule has 0 spiro atoms. The molecule has 0 aromatic heterocycles. The Morgan fingerprint density at radius 3 is 2.36 bits per heavy atom. The van der Waals surface area contributed by atoms with Crippen LogP contribution in [-0.2, 0) is 20.9 Å². The minimum Gasteiger partial charge on any atom is -0.496 e. The average molecular weight is 651 g/mol. The van der Waals surface area contributed by atoms with E-state index in [1.165, 1.54) is 7.11 Å². The highest BCUT2D eigenvalue weighted by molar-refractivity contribution is 5.97. The van der Waals surface area contributed by atoms with E-state index < -0.39 is 5.60 Å². The first-order valence-electron chi connectivity index (χ1n) is 16.4. The summed E-state index contributed by atoms with van der Waals surface area (Å²) in [6, 6.07) is 12.9. The summed E-state index contributed by atoms with van der Waals surface area (Å²) in [5.41, 5.74) is 1.77. The van der Waals surface area contributed by atoms with Gasteiger partial charge in [0.2, 0.25) is 5.91 Å². The molecule has 0 atom stereocenters. The zero-order chi connectivity index (χ0) is 33.6. The van der Waals surface area contributed by atoms with Crippen LogP contribution in [0.25, 0.3) is 0 Å². The molecular weight excluding hydrogens is 604 g/mol. The van der Waals surface area contributed by atoms with Crippen LogP contribution < -0.4 is 19.7 Å². The average Bonchev–Trinajstić information content (AvgIpc) is 3.07. The molecule has 12 nitrogen and oxygen atoms in total. The number of anilines is 1. The Hall–Kier alpha value is -4.48. The molecule has 3 heterocycles. The van der Waals surface area contributed by atoms with E-state index in [4.69, 9.17) is 18.9 Å². The second kappa shape index (κ2) is 15.0. The minimum absolute atomic E-state index is 0.0110. The number of fused-ring (bicyclic) bond motifs is 1. The molecule has 0 aliphatic carbocycles. The van der Waals surface area contributed by atoms with Gasteiger partial charge in [-0.25, -0.2) is 9.59 Å². The molecule has 2 saturated heterocycles. The van der Waals surface area contributed by atoms with Gasteiger partial charge in [-0.05, 0) is 71.1 Å². The van der Waals surface area contributed by atoms with Gasteiger partial charge in [-0.3, -0.25) is 14.5 Å². The lowest BCUT2D eigenvalue weighted by atomic mass is 9.96. The van der Waals surface area contributed by atoms with E-state index in [1.54, 1.807) is 32.9 Å². The number of rotatable bonds is 9. The molecule has 3 aliphatic rings. The number of nitrogens with zero attached hydrogens (tertiary/aromatic N) is 3. The molecule has 47 heavy (non-hydrogen) atoms. The molecule has 0 radical (unpaired) electrons. The highest BCUT2D eigenvalue weighted by Crippen LogP contribution is 2.33. The fourth-order valence-corrected chi connectivity index (χ4v) is 6.23. The predicted octanol–water partition coefficient (Wildman–Crippen LogP) is 4.99. The van der Waals surface area contributed by atoms with Crippen LogP contribution in [0.1, 0.15) is 68.8 Å². The van der Waals surface area contributed by atoms with Crippen molar-refractivity contribution in [2.45, 2.75) is 71.1 Å². The van der Waals surface area contributed by atoms with Crippen LogP contribution >= 0.6 is 0 Å². The van der Waals surface area contributed by atoms with E-state index in [0.29, 0.717) is 88.5 Å². The lowest BCUT2D eigenvalue weighted by Gasteiger charge is -2.40. The Morgan fingerprint density at radius 2 is 1.66 bits per heavy atom. The molecule has 0 unspecified atom stereocenters. The predicted molar refractivity (Wildman–Crippen MR) is 175 cm³/mol. The SMILES string of the molecule is COc1cc(OCCCNC(=O)C2CCN(C(=O)OC(C)(C)C)CC2)ccc1C(=O)N1CCC(N2C(=O)OCc3ccccc32)CC1. The van der Waals surface area contributed by atoms with Crippen molar-refractivity contribution in [1.82, 2.24) is 15.1 Å². The number of para-hydroxylation sites is 1. The summed E-state index contributed by atoms with van der Waals surface area (Å²) in [7, 11) is 1.52. The number of ether oxygens (including phenoxy) is 4. The normalized spacial score (nSPS) is 17.4. The number of hydrogen-bond donors (Lipinski definition) is 1. The molecule has 12 heteroatoms. The van der Waals surface area contributed by atoms with E-state index in [-0.39, 0.29) is 42.6 Å². The van der Waals surface area contributed by atoms with E-state index in [9.17, 15) is 19.2 Å². The summed E-state index contributed by atoms with van der Waals surface area (Å²) < 4.78 is 22.3. The fourth-order valence-electron chi connectivity index (χ4n) is 6.23.